The molecule has 0 aliphatic rings. The lowest BCUT2D eigenvalue weighted by molar-refractivity contribution is -0.384. The number of carbonyl (C=O) groups is 1. The van der Waals surface area contributed by atoms with Crippen molar-refractivity contribution in [3.05, 3.63) is 78.8 Å². The molecule has 2 aromatic carbocycles. The Hall–Kier alpha value is -2.77. The predicted octanol–water partition coefficient (Wildman–Crippen LogP) is 3.49. The van der Waals surface area contributed by atoms with Crippen LogP contribution in [0.25, 0.3) is 10.9 Å². The second-order valence-electron chi connectivity index (χ2n) is 5.19. The molecule has 0 bridgehead atoms. The lowest BCUT2D eigenvalue weighted by atomic mass is 10.1. The lowest BCUT2D eigenvalue weighted by Gasteiger charge is -2.07. The van der Waals surface area contributed by atoms with Crippen molar-refractivity contribution < 1.29 is 9.72 Å². The van der Waals surface area contributed by atoms with Gasteiger partial charge in [-0.3, -0.25) is 24.3 Å². The number of hydrogen-bond donors (Lipinski definition) is 0. The second-order valence-corrected chi connectivity index (χ2v) is 6.00. The topological polar surface area (TPSA) is 95.1 Å². The van der Waals surface area contributed by atoms with Gasteiger partial charge in [0.25, 0.3) is 11.2 Å². The third-order valence-corrected chi connectivity index (χ3v) is 4.31. The molecule has 3 rings (SSSR count). The average molecular weight is 378 g/mol. The molecule has 0 fully saturated rings. The lowest BCUT2D eigenvalue weighted by Crippen LogP contribution is -2.24. The molecule has 0 atom stereocenters. The number of hydrogen-bond acceptors (Lipinski definition) is 5. The smallest absolute Gasteiger partial charge is 0.271 e. The summed E-state index contributed by atoms with van der Waals surface area (Å²) in [5.74, 6) is -0.344. The minimum absolute atomic E-state index is 0.163. The number of rotatable bonds is 4. The van der Waals surface area contributed by atoms with Gasteiger partial charge >= 0.3 is 0 Å². The number of nitrogens with zero attached hydrogens (tertiary/aromatic N) is 3. The van der Waals surface area contributed by atoms with Gasteiger partial charge in [0.1, 0.15) is 0 Å². The van der Waals surface area contributed by atoms with Gasteiger partial charge in [0.2, 0.25) is 0 Å². The third kappa shape index (κ3) is 3.38. The minimum Gasteiger partial charge on any atom is -0.292 e. The first-order chi connectivity index (χ1) is 11.9. The Bertz CT molecular complexity index is 1080. The number of carbonyl (C=O) groups excluding carboxylic acids is 1. The van der Waals surface area contributed by atoms with Crippen LogP contribution in [0.3, 0.4) is 0 Å². The van der Waals surface area contributed by atoms with Crippen LogP contribution in [0.1, 0.15) is 10.4 Å². The molecule has 0 aliphatic carbocycles. The van der Waals surface area contributed by atoms with E-state index in [1.165, 1.54) is 42.7 Å². The van der Waals surface area contributed by atoms with Crippen molar-refractivity contribution in [1.82, 2.24) is 9.55 Å². The van der Waals surface area contributed by atoms with E-state index in [2.05, 4.69) is 4.98 Å². The summed E-state index contributed by atoms with van der Waals surface area (Å²) in [6.07, 6.45) is 1.18. The number of benzene rings is 2. The number of ketones is 1. The van der Waals surface area contributed by atoms with E-state index in [0.29, 0.717) is 10.6 Å². The van der Waals surface area contributed by atoms with Gasteiger partial charge in [-0.1, -0.05) is 23.2 Å². The molecule has 0 saturated heterocycles. The van der Waals surface area contributed by atoms with Crippen molar-refractivity contribution in [1.29, 1.82) is 0 Å². The number of halogens is 2. The molecule has 0 radical (unpaired) electrons. The summed E-state index contributed by atoms with van der Waals surface area (Å²) in [6, 6.07) is 8.19. The Morgan fingerprint density at radius 2 is 1.92 bits per heavy atom. The zero-order chi connectivity index (χ0) is 18.1. The Morgan fingerprint density at radius 1 is 1.16 bits per heavy atom. The molecular weight excluding hydrogens is 369 g/mol. The highest BCUT2D eigenvalue weighted by atomic mass is 35.5. The van der Waals surface area contributed by atoms with Crippen LogP contribution in [0.15, 0.2) is 47.5 Å². The van der Waals surface area contributed by atoms with Gasteiger partial charge < -0.3 is 0 Å². The first kappa shape index (κ1) is 17.1. The molecular formula is C16H9Cl2N3O4. The van der Waals surface area contributed by atoms with E-state index in [-0.39, 0.29) is 33.9 Å². The maximum atomic E-state index is 12.5. The van der Waals surface area contributed by atoms with E-state index in [1.807, 2.05) is 0 Å². The SMILES string of the molecule is O=C(Cn1cnc2cc([N+](=O)[O-])ccc2c1=O)c1ccc(Cl)c(Cl)c1. The van der Waals surface area contributed by atoms with Gasteiger partial charge in [-0.2, -0.15) is 0 Å². The minimum atomic E-state index is -0.569. The van der Waals surface area contributed by atoms with Gasteiger partial charge in [0.15, 0.2) is 5.78 Å². The largest absolute Gasteiger partial charge is 0.292 e. The normalized spacial score (nSPS) is 10.8. The van der Waals surface area contributed by atoms with Crippen LogP contribution in [0.5, 0.6) is 0 Å². The Morgan fingerprint density at radius 3 is 2.60 bits per heavy atom. The summed E-state index contributed by atoms with van der Waals surface area (Å²) < 4.78 is 1.14. The number of nitro groups is 1. The fourth-order valence-electron chi connectivity index (χ4n) is 2.29. The van der Waals surface area contributed by atoms with Crippen LogP contribution < -0.4 is 5.56 Å². The van der Waals surface area contributed by atoms with Crippen molar-refractivity contribution in [2.75, 3.05) is 0 Å². The molecule has 0 spiro atoms. The summed E-state index contributed by atoms with van der Waals surface area (Å²) in [5, 5.41) is 11.5. The van der Waals surface area contributed by atoms with E-state index < -0.39 is 10.5 Å². The van der Waals surface area contributed by atoms with Crippen molar-refractivity contribution in [3.63, 3.8) is 0 Å². The second kappa shape index (κ2) is 6.62. The van der Waals surface area contributed by atoms with Crippen molar-refractivity contribution in [3.8, 4) is 0 Å². The van der Waals surface area contributed by atoms with Gasteiger partial charge in [-0.15, -0.1) is 0 Å². The number of nitro benzene ring substituents is 1. The van der Waals surface area contributed by atoms with Crippen molar-refractivity contribution >= 4 is 45.6 Å². The molecule has 0 saturated carbocycles. The Balaban J connectivity index is 1.96. The fourth-order valence-corrected chi connectivity index (χ4v) is 2.59. The molecule has 0 unspecified atom stereocenters. The molecule has 1 heterocycles. The van der Waals surface area contributed by atoms with E-state index in [9.17, 15) is 19.7 Å². The molecule has 0 aliphatic heterocycles. The summed E-state index contributed by atoms with van der Waals surface area (Å²) in [5.41, 5.74) is -0.125. The summed E-state index contributed by atoms with van der Waals surface area (Å²) in [6.45, 7) is -0.239. The van der Waals surface area contributed by atoms with E-state index >= 15 is 0 Å². The molecule has 7 nitrogen and oxygen atoms in total. The molecule has 0 amide bonds. The summed E-state index contributed by atoms with van der Waals surface area (Å²) in [4.78, 5) is 39.0. The van der Waals surface area contributed by atoms with Gasteiger partial charge in [0.05, 0.1) is 38.7 Å². The Kier molecular flexibility index (Phi) is 4.52. The average Bonchev–Trinajstić information content (AvgIpc) is 2.59. The fraction of sp³-hybridized carbons (Fsp3) is 0.0625. The van der Waals surface area contributed by atoms with Gasteiger partial charge in [-0.05, 0) is 24.3 Å². The number of fused-ring (bicyclic) bond motifs is 1. The molecule has 1 aromatic heterocycles. The summed E-state index contributed by atoms with van der Waals surface area (Å²) in [7, 11) is 0. The van der Waals surface area contributed by atoms with Crippen molar-refractivity contribution in [2.24, 2.45) is 0 Å². The highest BCUT2D eigenvalue weighted by Gasteiger charge is 2.14. The van der Waals surface area contributed by atoms with Crippen LogP contribution in [0.2, 0.25) is 10.0 Å². The van der Waals surface area contributed by atoms with Gasteiger partial charge in [-0.25, -0.2) is 4.98 Å². The highest BCUT2D eigenvalue weighted by molar-refractivity contribution is 6.42. The van der Waals surface area contributed by atoms with E-state index in [1.54, 1.807) is 0 Å². The summed E-state index contributed by atoms with van der Waals surface area (Å²) >= 11 is 11.7. The molecule has 0 N–H and O–H groups in total. The van der Waals surface area contributed by atoms with Crippen LogP contribution in [0.4, 0.5) is 5.69 Å². The molecule has 3 aromatic rings. The first-order valence-corrected chi connectivity index (χ1v) is 7.74. The van der Waals surface area contributed by atoms with E-state index in [4.69, 9.17) is 23.2 Å². The quantitative estimate of drug-likeness (QED) is 0.393. The number of Topliss-reactive ketones (excluding diaryl/α,β-unsaturated/α-hetero) is 1. The zero-order valence-corrected chi connectivity index (χ0v) is 14.0. The Labute approximate surface area is 150 Å². The van der Waals surface area contributed by atoms with Crippen LogP contribution >= 0.6 is 23.2 Å². The van der Waals surface area contributed by atoms with E-state index in [0.717, 1.165) is 4.57 Å². The van der Waals surface area contributed by atoms with Gasteiger partial charge in [0, 0.05) is 17.7 Å². The highest BCUT2D eigenvalue weighted by Crippen LogP contribution is 2.23. The van der Waals surface area contributed by atoms with Crippen LogP contribution in [0, 0.1) is 10.1 Å². The molecule has 25 heavy (non-hydrogen) atoms. The number of non-ortho nitro benzene ring substituents is 1. The maximum Gasteiger partial charge on any atom is 0.271 e. The monoisotopic (exact) mass is 377 g/mol. The molecule has 9 heteroatoms. The van der Waals surface area contributed by atoms with Crippen molar-refractivity contribution in [2.45, 2.75) is 6.54 Å². The van der Waals surface area contributed by atoms with Crippen LogP contribution in [-0.2, 0) is 6.54 Å². The third-order valence-electron chi connectivity index (χ3n) is 3.58. The standard InChI is InChI=1S/C16H9Cl2N3O4/c17-12-4-1-9(5-13(12)18)15(22)7-20-8-19-14-6-10(21(24)25)2-3-11(14)16(20)23/h1-6,8H,7H2. The molecule has 126 valence electrons. The zero-order valence-electron chi connectivity index (χ0n) is 12.5. The van der Waals surface area contributed by atoms with Crippen LogP contribution in [-0.4, -0.2) is 20.3 Å². The maximum absolute atomic E-state index is 12.5. The number of aromatic nitrogens is 2. The first-order valence-electron chi connectivity index (χ1n) is 6.98. The predicted molar refractivity (Wildman–Crippen MR) is 93.4 cm³/mol.